The van der Waals surface area contributed by atoms with Gasteiger partial charge in [0.2, 0.25) is 11.8 Å². The van der Waals surface area contributed by atoms with E-state index in [-0.39, 0.29) is 46.7 Å². The third kappa shape index (κ3) is 8.23. The van der Waals surface area contributed by atoms with Crippen molar-refractivity contribution in [3.05, 3.63) is 93.0 Å². The first-order valence-electron chi connectivity index (χ1n) is 13.5. The Kier molecular flexibility index (Phi) is 11.1. The van der Waals surface area contributed by atoms with Crippen molar-refractivity contribution in [1.29, 1.82) is 0 Å². The van der Waals surface area contributed by atoms with Crippen molar-refractivity contribution in [3.63, 3.8) is 0 Å². The molecule has 2 amide bonds. The van der Waals surface area contributed by atoms with Crippen LogP contribution in [0.4, 0.5) is 11.4 Å². The molecule has 3 aromatic carbocycles. The molecular weight excluding hydrogens is 596 g/mol. The zero-order valence-corrected chi connectivity index (χ0v) is 26.2. The Labute approximate surface area is 256 Å². The number of rotatable bonds is 13. The molecule has 230 valence electrons. The van der Waals surface area contributed by atoms with Crippen LogP contribution in [-0.4, -0.2) is 55.8 Å². The molecule has 3 rings (SSSR count). The van der Waals surface area contributed by atoms with Gasteiger partial charge >= 0.3 is 0 Å². The Balaban J connectivity index is 2.12. The molecule has 0 aromatic heterocycles. The van der Waals surface area contributed by atoms with Gasteiger partial charge in [-0.1, -0.05) is 36.7 Å². The topological polar surface area (TPSA) is 139 Å². The largest absolute Gasteiger partial charge is 0.497 e. The summed E-state index contributed by atoms with van der Waals surface area (Å²) in [5.74, 6) is -0.575. The van der Waals surface area contributed by atoms with E-state index in [4.69, 9.17) is 16.3 Å². The van der Waals surface area contributed by atoms with E-state index >= 15 is 0 Å². The van der Waals surface area contributed by atoms with E-state index in [2.05, 4.69) is 5.32 Å². The quantitative estimate of drug-likeness (QED) is 0.205. The Morgan fingerprint density at radius 2 is 1.67 bits per heavy atom. The molecule has 0 unspecified atom stereocenters. The highest BCUT2D eigenvalue weighted by Crippen LogP contribution is 2.29. The first-order chi connectivity index (χ1) is 20.3. The third-order valence-electron chi connectivity index (χ3n) is 6.69. The number of ether oxygens (including phenoxy) is 1. The van der Waals surface area contributed by atoms with Crippen LogP contribution in [0.25, 0.3) is 0 Å². The highest BCUT2D eigenvalue weighted by Gasteiger charge is 2.34. The molecule has 0 saturated carbocycles. The number of nitro groups is 1. The van der Waals surface area contributed by atoms with Crippen molar-refractivity contribution < 1.29 is 27.7 Å². The van der Waals surface area contributed by atoms with Crippen LogP contribution in [-0.2, 0) is 26.2 Å². The lowest BCUT2D eigenvalue weighted by atomic mass is 10.1. The smallest absolute Gasteiger partial charge is 0.273 e. The van der Waals surface area contributed by atoms with Crippen molar-refractivity contribution in [2.24, 2.45) is 0 Å². The van der Waals surface area contributed by atoms with Crippen LogP contribution in [0, 0.1) is 17.0 Å². The molecule has 3 aromatic rings. The number of aryl methyl sites for hydroxylation is 1. The number of sulfonamides is 1. The Bertz CT molecular complexity index is 1560. The van der Waals surface area contributed by atoms with Crippen LogP contribution < -0.4 is 14.4 Å². The molecule has 0 radical (unpaired) electrons. The van der Waals surface area contributed by atoms with Crippen LogP contribution in [0.15, 0.2) is 71.6 Å². The molecule has 0 bridgehead atoms. The van der Waals surface area contributed by atoms with E-state index < -0.39 is 33.4 Å². The van der Waals surface area contributed by atoms with Gasteiger partial charge in [0.15, 0.2) is 0 Å². The highest BCUT2D eigenvalue weighted by atomic mass is 35.5. The van der Waals surface area contributed by atoms with Crippen LogP contribution in [0.5, 0.6) is 5.75 Å². The summed E-state index contributed by atoms with van der Waals surface area (Å²) in [5.41, 5.74) is 0.722. The predicted molar refractivity (Wildman–Crippen MR) is 165 cm³/mol. The lowest BCUT2D eigenvalue weighted by molar-refractivity contribution is -0.385. The van der Waals surface area contributed by atoms with E-state index in [1.54, 1.807) is 45.0 Å². The Morgan fingerprint density at radius 1 is 1.05 bits per heavy atom. The molecule has 0 aliphatic carbocycles. The number of nitro benzene ring substituents is 1. The molecule has 0 saturated heterocycles. The van der Waals surface area contributed by atoms with Crippen molar-refractivity contribution in [2.75, 3.05) is 18.0 Å². The number of hydrogen-bond donors (Lipinski definition) is 1. The predicted octanol–water partition coefficient (Wildman–Crippen LogP) is 5.09. The molecule has 11 nitrogen and oxygen atoms in total. The van der Waals surface area contributed by atoms with Gasteiger partial charge in [-0.25, -0.2) is 8.42 Å². The van der Waals surface area contributed by atoms with Gasteiger partial charge in [0.1, 0.15) is 18.3 Å². The standard InChI is InChI=1S/C30H35ClN4O7S/c1-6-27(30(37)32-20(2)3)33(18-22-8-10-23(31)11-9-22)29(36)19-34(24-12-14-25(42-5)15-13-24)43(40,41)26-16-7-21(4)28(17-26)35(38)39/h7-17,20,27H,6,18-19H2,1-5H3,(H,32,37)/t27-/m0/s1. The van der Waals surface area contributed by atoms with Crippen molar-refractivity contribution >= 4 is 44.8 Å². The molecule has 0 aliphatic heterocycles. The number of carbonyl (C=O) groups is 2. The van der Waals surface area contributed by atoms with Crippen LogP contribution in [0.2, 0.25) is 5.02 Å². The van der Waals surface area contributed by atoms with Crippen LogP contribution >= 0.6 is 11.6 Å². The monoisotopic (exact) mass is 630 g/mol. The number of nitrogens with zero attached hydrogens (tertiary/aromatic N) is 3. The van der Waals surface area contributed by atoms with Crippen molar-refractivity contribution in [3.8, 4) is 5.75 Å². The molecule has 1 N–H and O–H groups in total. The second kappa shape index (κ2) is 14.3. The third-order valence-corrected chi connectivity index (χ3v) is 8.71. The second-order valence-corrected chi connectivity index (χ2v) is 12.4. The van der Waals surface area contributed by atoms with E-state index in [9.17, 15) is 28.1 Å². The summed E-state index contributed by atoms with van der Waals surface area (Å²) < 4.78 is 34.2. The van der Waals surface area contributed by atoms with Crippen LogP contribution in [0.3, 0.4) is 0 Å². The maximum atomic E-state index is 14.1. The maximum Gasteiger partial charge on any atom is 0.273 e. The number of carbonyl (C=O) groups excluding carboxylic acids is 2. The van der Waals surface area contributed by atoms with Gasteiger partial charge in [-0.15, -0.1) is 0 Å². The summed E-state index contributed by atoms with van der Waals surface area (Å²) in [6, 6.07) is 15.3. The molecule has 0 spiro atoms. The zero-order valence-electron chi connectivity index (χ0n) is 24.6. The summed E-state index contributed by atoms with van der Waals surface area (Å²) in [4.78, 5) is 39.2. The number of hydrogen-bond acceptors (Lipinski definition) is 7. The summed E-state index contributed by atoms with van der Waals surface area (Å²) in [6.07, 6.45) is 0.261. The van der Waals surface area contributed by atoms with Gasteiger partial charge in [0, 0.05) is 29.2 Å². The molecule has 0 aliphatic rings. The summed E-state index contributed by atoms with van der Waals surface area (Å²) in [7, 11) is -3.04. The van der Waals surface area contributed by atoms with Gasteiger partial charge < -0.3 is 15.0 Å². The number of nitrogens with one attached hydrogen (secondary N) is 1. The maximum absolute atomic E-state index is 14.1. The number of anilines is 1. The van der Waals surface area contributed by atoms with Gasteiger partial charge in [-0.05, 0) is 75.2 Å². The Hall–Kier alpha value is -4.16. The van der Waals surface area contributed by atoms with Crippen molar-refractivity contribution in [1.82, 2.24) is 10.2 Å². The molecule has 1 atom stereocenters. The SMILES string of the molecule is CC[C@@H](C(=O)NC(C)C)N(Cc1ccc(Cl)cc1)C(=O)CN(c1ccc(OC)cc1)S(=O)(=O)c1ccc(C)c([N+](=O)[O-])c1. The second-order valence-electron chi connectivity index (χ2n) is 10.2. The molecule has 0 heterocycles. The average Bonchev–Trinajstić information content (AvgIpc) is 2.96. The number of methoxy groups -OCH3 is 1. The summed E-state index contributed by atoms with van der Waals surface area (Å²) in [5, 5.41) is 14.9. The zero-order chi connectivity index (χ0) is 31.9. The van der Waals surface area contributed by atoms with Gasteiger partial charge in [-0.3, -0.25) is 24.0 Å². The molecule has 13 heteroatoms. The number of amides is 2. The minimum atomic E-state index is -4.50. The Morgan fingerprint density at radius 3 is 2.21 bits per heavy atom. The van der Waals surface area contributed by atoms with Crippen LogP contribution in [0.1, 0.15) is 38.3 Å². The fourth-order valence-corrected chi connectivity index (χ4v) is 6.00. The molecule has 43 heavy (non-hydrogen) atoms. The normalized spacial score (nSPS) is 12.0. The van der Waals surface area contributed by atoms with E-state index in [0.717, 1.165) is 10.4 Å². The van der Waals surface area contributed by atoms with E-state index in [1.165, 1.54) is 55.3 Å². The fourth-order valence-electron chi connectivity index (χ4n) is 4.44. The van der Waals surface area contributed by atoms with E-state index in [1.807, 2.05) is 0 Å². The first kappa shape index (κ1) is 33.3. The minimum Gasteiger partial charge on any atom is -0.497 e. The van der Waals surface area contributed by atoms with Gasteiger partial charge in [0.05, 0.1) is 22.6 Å². The fraction of sp³-hybridized carbons (Fsp3) is 0.333. The first-order valence-corrected chi connectivity index (χ1v) is 15.4. The highest BCUT2D eigenvalue weighted by molar-refractivity contribution is 7.92. The summed E-state index contributed by atoms with van der Waals surface area (Å²) >= 11 is 6.05. The number of halogens is 1. The van der Waals surface area contributed by atoms with E-state index in [0.29, 0.717) is 16.3 Å². The lowest BCUT2D eigenvalue weighted by Gasteiger charge is -2.33. The van der Waals surface area contributed by atoms with Crippen molar-refractivity contribution in [2.45, 2.75) is 57.6 Å². The molecule has 0 fully saturated rings. The minimum absolute atomic E-state index is 0.00648. The number of benzene rings is 3. The molecular formula is C30H35ClN4O7S. The lowest BCUT2D eigenvalue weighted by Crippen LogP contribution is -2.53. The van der Waals surface area contributed by atoms with Gasteiger partial charge in [-0.2, -0.15) is 0 Å². The summed E-state index contributed by atoms with van der Waals surface area (Å²) in [6.45, 7) is 6.18. The van der Waals surface area contributed by atoms with Gasteiger partial charge in [0.25, 0.3) is 15.7 Å². The average molecular weight is 631 g/mol.